The maximum Gasteiger partial charge on any atom is 0.412 e. The average molecular weight is 466 g/mol. The first-order valence-electron chi connectivity index (χ1n) is 10.5. The van der Waals surface area contributed by atoms with E-state index in [4.69, 9.17) is 18.6 Å². The number of alkyl carbamates (subject to hydrolysis) is 1. The van der Waals surface area contributed by atoms with Gasteiger partial charge < -0.3 is 18.6 Å². The highest BCUT2D eigenvalue weighted by atomic mass is 28.4. The number of ether oxygens (including phenoxy) is 3. The van der Waals surface area contributed by atoms with Gasteiger partial charge in [-0.2, -0.15) is 0 Å². The van der Waals surface area contributed by atoms with Crippen LogP contribution in [0.1, 0.15) is 40.2 Å². The van der Waals surface area contributed by atoms with Gasteiger partial charge in [0.15, 0.2) is 8.32 Å². The number of esters is 2. The van der Waals surface area contributed by atoms with Gasteiger partial charge in [-0.15, -0.1) is 0 Å². The minimum atomic E-state index is -2.33. The molecular weight excluding hydrogens is 430 g/mol. The van der Waals surface area contributed by atoms with Crippen LogP contribution in [0.4, 0.5) is 4.79 Å². The first kappa shape index (κ1) is 27.4. The number of hydrogen-bond donors (Lipinski definition) is 1. The lowest BCUT2D eigenvalue weighted by Crippen LogP contribution is -2.45. The summed E-state index contributed by atoms with van der Waals surface area (Å²) < 4.78 is 21.5. The van der Waals surface area contributed by atoms with E-state index in [9.17, 15) is 14.4 Å². The van der Waals surface area contributed by atoms with Gasteiger partial charge in [0.25, 0.3) is 0 Å². The molecule has 178 valence electrons. The molecule has 9 heteroatoms. The Labute approximate surface area is 191 Å². The monoisotopic (exact) mass is 465 g/mol. The number of carbonyl (C=O) groups excluding carboxylic acids is 3. The number of carbonyl (C=O) groups is 3. The maximum absolute atomic E-state index is 12.7. The van der Waals surface area contributed by atoms with Crippen molar-refractivity contribution in [1.82, 2.24) is 5.32 Å². The van der Waals surface area contributed by atoms with Crippen molar-refractivity contribution in [3.63, 3.8) is 0 Å². The maximum atomic E-state index is 12.7. The number of methoxy groups -OCH3 is 1. The molecule has 0 radical (unpaired) electrons. The van der Waals surface area contributed by atoms with E-state index in [1.807, 2.05) is 31.3 Å². The van der Waals surface area contributed by atoms with Gasteiger partial charge in [0.2, 0.25) is 0 Å². The van der Waals surface area contributed by atoms with Crippen LogP contribution in [0.3, 0.4) is 0 Å². The van der Waals surface area contributed by atoms with Crippen molar-refractivity contribution < 1.29 is 33.0 Å². The normalized spacial score (nSPS) is 13.5. The molecule has 1 aromatic carbocycles. The molecule has 1 amide bonds. The summed E-state index contributed by atoms with van der Waals surface area (Å²) in [5.41, 5.74) is 0.280. The van der Waals surface area contributed by atoms with Gasteiger partial charge in [-0.05, 0) is 37.5 Å². The van der Waals surface area contributed by atoms with E-state index >= 15 is 0 Å². The van der Waals surface area contributed by atoms with Crippen molar-refractivity contribution in [1.29, 1.82) is 0 Å². The molecule has 0 fully saturated rings. The third-order valence-electron chi connectivity index (χ3n) is 5.28. The zero-order valence-electron chi connectivity index (χ0n) is 20.2. The zero-order chi connectivity index (χ0) is 24.5. The lowest BCUT2D eigenvalue weighted by molar-refractivity contribution is -0.141. The second-order valence-corrected chi connectivity index (χ2v) is 13.5. The molecule has 0 saturated carbocycles. The molecule has 0 bridgehead atoms. The van der Waals surface area contributed by atoms with Crippen molar-refractivity contribution in [3.8, 4) is 0 Å². The van der Waals surface area contributed by atoms with E-state index in [1.165, 1.54) is 7.11 Å². The van der Waals surface area contributed by atoms with Crippen LogP contribution in [0.25, 0.3) is 0 Å². The van der Waals surface area contributed by atoms with E-state index in [2.05, 4.69) is 26.1 Å². The Balaban J connectivity index is 3.27. The third kappa shape index (κ3) is 7.80. The number of nitrogens with one attached hydrogen (secondary N) is 1. The second-order valence-electron chi connectivity index (χ2n) is 8.71. The molecule has 8 nitrogen and oxygen atoms in total. The fourth-order valence-electron chi connectivity index (χ4n) is 2.55. The Kier molecular flexibility index (Phi) is 10.1. The summed E-state index contributed by atoms with van der Waals surface area (Å²) in [7, 11) is -1.13. The van der Waals surface area contributed by atoms with Crippen LogP contribution in [0, 0.1) is 0 Å². The average Bonchev–Trinajstić information content (AvgIpc) is 2.71. The Bertz CT molecular complexity index is 828. The van der Waals surface area contributed by atoms with Gasteiger partial charge in [-0.3, -0.25) is 5.32 Å². The van der Waals surface area contributed by atoms with Gasteiger partial charge >= 0.3 is 18.0 Å². The largest absolute Gasteiger partial charge is 0.466 e. The Morgan fingerprint density at radius 3 is 2.12 bits per heavy atom. The second kappa shape index (κ2) is 11.8. The molecule has 0 aliphatic heterocycles. The zero-order valence-corrected chi connectivity index (χ0v) is 21.2. The van der Waals surface area contributed by atoms with E-state index in [-0.39, 0.29) is 29.5 Å². The fraction of sp³-hybridized carbons (Fsp3) is 0.522. The Morgan fingerprint density at radius 1 is 1.03 bits per heavy atom. The minimum absolute atomic E-state index is 0.00758. The van der Waals surface area contributed by atoms with E-state index in [0.29, 0.717) is 0 Å². The molecule has 0 heterocycles. The standard InChI is InChI=1S/C23H35NO7Si/c1-9-29-21(26)19(24-22(27)30-15-17-13-11-10-12-14-17)18(20(25)28-6)16(2)31-32(7,8)23(3,4)5/h10-14,16H,9,15H2,1-8H3,(H,24,27)/b19-18+. The van der Waals surface area contributed by atoms with Crippen LogP contribution >= 0.6 is 0 Å². The van der Waals surface area contributed by atoms with Crippen molar-refractivity contribution >= 4 is 26.3 Å². The van der Waals surface area contributed by atoms with Crippen molar-refractivity contribution in [2.24, 2.45) is 0 Å². The van der Waals surface area contributed by atoms with Crippen molar-refractivity contribution in [2.75, 3.05) is 13.7 Å². The summed E-state index contributed by atoms with van der Waals surface area (Å²) in [5, 5.41) is 2.23. The highest BCUT2D eigenvalue weighted by Crippen LogP contribution is 2.38. The summed E-state index contributed by atoms with van der Waals surface area (Å²) in [6.45, 7) is 13.5. The first-order valence-corrected chi connectivity index (χ1v) is 13.4. The first-order chi connectivity index (χ1) is 14.8. The Morgan fingerprint density at radius 2 is 1.62 bits per heavy atom. The van der Waals surface area contributed by atoms with Gasteiger partial charge in [-0.1, -0.05) is 51.1 Å². The van der Waals surface area contributed by atoms with Crippen LogP contribution in [-0.4, -0.2) is 46.2 Å². The molecule has 1 atom stereocenters. The summed E-state index contributed by atoms with van der Waals surface area (Å²) >= 11 is 0. The lowest BCUT2D eigenvalue weighted by Gasteiger charge is -2.38. The summed E-state index contributed by atoms with van der Waals surface area (Å²) in [5.74, 6) is -1.68. The van der Waals surface area contributed by atoms with Crippen molar-refractivity contribution in [3.05, 3.63) is 47.2 Å². The minimum Gasteiger partial charge on any atom is -0.466 e. The van der Waals surface area contributed by atoms with Crippen LogP contribution in [0.15, 0.2) is 41.6 Å². The molecule has 0 aliphatic rings. The summed E-state index contributed by atoms with van der Waals surface area (Å²) in [6.07, 6.45) is -1.74. The molecule has 1 N–H and O–H groups in total. The highest BCUT2D eigenvalue weighted by Gasteiger charge is 2.41. The van der Waals surface area contributed by atoms with Crippen LogP contribution in [0.5, 0.6) is 0 Å². The van der Waals surface area contributed by atoms with Gasteiger partial charge in [-0.25, -0.2) is 14.4 Å². The predicted octanol–water partition coefficient (Wildman–Crippen LogP) is 4.31. The van der Waals surface area contributed by atoms with Gasteiger partial charge in [0, 0.05) is 0 Å². The smallest absolute Gasteiger partial charge is 0.412 e. The lowest BCUT2D eigenvalue weighted by atomic mass is 10.1. The van der Waals surface area contributed by atoms with Gasteiger partial charge in [0.05, 0.1) is 25.4 Å². The number of hydrogen-bond acceptors (Lipinski definition) is 7. The van der Waals surface area contributed by atoms with E-state index < -0.39 is 32.5 Å². The van der Waals surface area contributed by atoms with E-state index in [1.54, 1.807) is 26.0 Å². The topological polar surface area (TPSA) is 100 Å². The van der Waals surface area contributed by atoms with Gasteiger partial charge in [0.1, 0.15) is 12.3 Å². The molecule has 1 rings (SSSR count). The molecule has 1 unspecified atom stereocenters. The SMILES string of the molecule is CCOC(=O)/C(NC(=O)OCc1ccccc1)=C(\C(=O)OC)C(C)O[Si](C)(C)C(C)(C)C. The summed E-state index contributed by atoms with van der Waals surface area (Å²) in [6, 6.07) is 9.07. The molecule has 0 spiro atoms. The van der Waals surface area contributed by atoms with E-state index in [0.717, 1.165) is 5.56 Å². The predicted molar refractivity (Wildman–Crippen MR) is 123 cm³/mol. The Hall–Kier alpha value is -2.65. The molecule has 0 aromatic heterocycles. The quantitative estimate of drug-likeness (QED) is 0.251. The molecule has 1 aromatic rings. The van der Waals surface area contributed by atoms with Crippen LogP contribution in [-0.2, 0) is 34.8 Å². The molecule has 0 aliphatic carbocycles. The molecule has 0 saturated heterocycles. The number of rotatable bonds is 9. The third-order valence-corrected chi connectivity index (χ3v) is 9.83. The van der Waals surface area contributed by atoms with Crippen LogP contribution < -0.4 is 5.32 Å². The molecule has 32 heavy (non-hydrogen) atoms. The highest BCUT2D eigenvalue weighted by molar-refractivity contribution is 6.74. The number of benzene rings is 1. The molecular formula is C23H35NO7Si. The number of amides is 1. The fourth-order valence-corrected chi connectivity index (χ4v) is 3.91. The summed E-state index contributed by atoms with van der Waals surface area (Å²) in [4.78, 5) is 37.8. The van der Waals surface area contributed by atoms with Crippen LogP contribution in [0.2, 0.25) is 18.1 Å². The van der Waals surface area contributed by atoms with Crippen molar-refractivity contribution in [2.45, 2.75) is 65.5 Å².